The number of ether oxygens (including phenoxy) is 1. The van der Waals surface area contributed by atoms with Gasteiger partial charge in [-0.3, -0.25) is 19.2 Å². The number of carboxylic acid groups (broad SMARTS) is 2. The lowest BCUT2D eigenvalue weighted by molar-refractivity contribution is -0.192. The highest BCUT2D eigenvalue weighted by Crippen LogP contribution is 2.35. The standard InChI is InChI=1S/C23H34N4O8.C2HF3O2/c1-6-23(4)19(22(34)25-10-15(29)30)27-20(32)16(11(2)3)26-21(33)17(24-5)18(31)12-7-8-13(28)14(9-12)35-23;3-2(4,5)1(6)7/h7-9,11,16-19,24,28,31H,6,10H2,1-5H3,(H,25,34)(H,26,33)(H,27,32)(H,29,30);(H,6,7)/t16-,17-,18+,19+,23+;/m0./s1. The highest BCUT2D eigenvalue weighted by Gasteiger charge is 2.44. The zero-order chi connectivity index (χ0) is 32.6. The molecule has 2 rings (SSSR count). The molecule has 1 aliphatic rings. The minimum absolute atomic E-state index is 0.0916. The van der Waals surface area contributed by atoms with Crippen molar-refractivity contribution in [2.75, 3.05) is 13.6 Å². The van der Waals surface area contributed by atoms with Gasteiger partial charge in [0.1, 0.15) is 36.4 Å². The van der Waals surface area contributed by atoms with E-state index < -0.39 is 78.1 Å². The third kappa shape index (κ3) is 9.47. The average Bonchev–Trinajstić information content (AvgIpc) is 2.89. The summed E-state index contributed by atoms with van der Waals surface area (Å²) in [5.74, 6) is -7.01. The van der Waals surface area contributed by atoms with E-state index in [9.17, 15) is 42.6 Å². The number of carbonyl (C=O) groups excluding carboxylic acids is 3. The molecule has 1 heterocycles. The first-order chi connectivity index (χ1) is 19.3. The van der Waals surface area contributed by atoms with E-state index in [0.29, 0.717) is 0 Å². The van der Waals surface area contributed by atoms with Crippen molar-refractivity contribution in [2.24, 2.45) is 5.92 Å². The van der Waals surface area contributed by atoms with Crippen molar-refractivity contribution in [2.45, 2.75) is 70.1 Å². The van der Waals surface area contributed by atoms with Crippen molar-refractivity contribution in [3.05, 3.63) is 23.8 Å². The number of alkyl halides is 3. The Morgan fingerprint density at radius 3 is 2.14 bits per heavy atom. The second-order valence-electron chi connectivity index (χ2n) is 9.79. The molecule has 0 unspecified atom stereocenters. The molecule has 0 radical (unpaired) electrons. The molecule has 0 aromatic heterocycles. The normalized spacial score (nSPS) is 24.7. The number of hydrogen-bond donors (Lipinski definition) is 8. The van der Waals surface area contributed by atoms with Gasteiger partial charge in [-0.25, -0.2) is 4.79 Å². The Morgan fingerprint density at radius 1 is 1.12 bits per heavy atom. The maximum Gasteiger partial charge on any atom is 0.490 e. The molecule has 5 atom stereocenters. The molecule has 0 aliphatic carbocycles. The zero-order valence-corrected chi connectivity index (χ0v) is 23.4. The van der Waals surface area contributed by atoms with Crippen LogP contribution in [0.1, 0.15) is 45.8 Å². The topological polar surface area (TPSA) is 224 Å². The summed E-state index contributed by atoms with van der Waals surface area (Å²) in [6, 6.07) is 0.425. The summed E-state index contributed by atoms with van der Waals surface area (Å²) in [6.07, 6.45) is -6.29. The largest absolute Gasteiger partial charge is 0.504 e. The number of amides is 3. The number of carboxylic acids is 2. The summed E-state index contributed by atoms with van der Waals surface area (Å²) >= 11 is 0. The summed E-state index contributed by atoms with van der Waals surface area (Å²) in [5, 5.41) is 47.6. The number of carbonyl (C=O) groups is 5. The number of rotatable bonds is 6. The summed E-state index contributed by atoms with van der Waals surface area (Å²) in [7, 11) is 1.48. The molecule has 0 fully saturated rings. The van der Waals surface area contributed by atoms with Crippen LogP contribution in [0.25, 0.3) is 0 Å². The van der Waals surface area contributed by atoms with Crippen LogP contribution in [0.3, 0.4) is 0 Å². The summed E-state index contributed by atoms with van der Waals surface area (Å²) in [5.41, 5.74) is -1.21. The van der Waals surface area contributed by atoms with Crippen molar-refractivity contribution >= 4 is 29.7 Å². The molecule has 1 aromatic carbocycles. The number of benzene rings is 1. The fourth-order valence-electron chi connectivity index (χ4n) is 3.78. The van der Waals surface area contributed by atoms with Crippen molar-refractivity contribution in [3.8, 4) is 11.5 Å². The fourth-order valence-corrected chi connectivity index (χ4v) is 3.78. The zero-order valence-electron chi connectivity index (χ0n) is 23.4. The molecule has 0 spiro atoms. The number of phenolic OH excluding ortho intramolecular Hbond substituents is 1. The molecule has 0 saturated heterocycles. The second-order valence-corrected chi connectivity index (χ2v) is 9.79. The number of nitrogens with one attached hydrogen (secondary N) is 4. The number of phenols is 1. The lowest BCUT2D eigenvalue weighted by Crippen LogP contribution is -2.65. The van der Waals surface area contributed by atoms with Crippen molar-refractivity contribution in [1.82, 2.24) is 21.3 Å². The molecule has 1 aromatic rings. The lowest BCUT2D eigenvalue weighted by atomic mass is 9.91. The van der Waals surface area contributed by atoms with E-state index >= 15 is 0 Å². The summed E-state index contributed by atoms with van der Waals surface area (Å²) < 4.78 is 37.8. The van der Waals surface area contributed by atoms with Crippen molar-refractivity contribution in [1.29, 1.82) is 0 Å². The number of aromatic hydroxyl groups is 1. The van der Waals surface area contributed by atoms with Crippen molar-refractivity contribution in [3.63, 3.8) is 0 Å². The smallest absolute Gasteiger partial charge is 0.490 e. The molecular formula is C25H35F3N4O10. The Kier molecular flexibility index (Phi) is 12.5. The van der Waals surface area contributed by atoms with Crippen LogP contribution in [-0.2, 0) is 24.0 Å². The first kappa shape index (κ1) is 35.9. The highest BCUT2D eigenvalue weighted by molar-refractivity contribution is 5.94. The number of likely N-dealkylation sites (N-methyl/N-ethyl adjacent to an activating group) is 1. The highest BCUT2D eigenvalue weighted by atomic mass is 19.4. The maximum atomic E-state index is 13.3. The van der Waals surface area contributed by atoms with E-state index in [1.165, 1.54) is 32.2 Å². The minimum atomic E-state index is -5.08. The van der Waals surface area contributed by atoms with Gasteiger partial charge in [0.05, 0.1) is 0 Å². The van der Waals surface area contributed by atoms with Crippen LogP contribution in [0.15, 0.2) is 18.2 Å². The SMILES string of the molecule is CC[C@@]1(C)Oc2cc(ccc2O)[C@@H](O)[C@H](NC)C(=O)N[C@@H](C(C)C)C(=O)N[C@@H]1C(=O)NCC(=O)O.O=C(O)C(F)(F)F. The number of hydrogen-bond acceptors (Lipinski definition) is 9. The molecule has 17 heteroatoms. The predicted octanol–water partition coefficient (Wildman–Crippen LogP) is 0.0344. The average molecular weight is 609 g/mol. The molecule has 14 nitrogen and oxygen atoms in total. The molecule has 3 amide bonds. The van der Waals surface area contributed by atoms with Gasteiger partial charge in [0.2, 0.25) is 17.7 Å². The van der Waals surface area contributed by atoms with Gasteiger partial charge in [0.15, 0.2) is 11.5 Å². The van der Waals surface area contributed by atoms with Gasteiger partial charge in [0, 0.05) is 0 Å². The maximum absolute atomic E-state index is 13.3. The van der Waals surface area contributed by atoms with Crippen LogP contribution >= 0.6 is 0 Å². The molecular weight excluding hydrogens is 573 g/mol. The van der Waals surface area contributed by atoms with Gasteiger partial charge < -0.3 is 46.4 Å². The first-order valence-corrected chi connectivity index (χ1v) is 12.6. The molecule has 2 bridgehead atoms. The molecule has 42 heavy (non-hydrogen) atoms. The monoisotopic (exact) mass is 608 g/mol. The number of aliphatic hydroxyl groups is 1. The Labute approximate surface area is 238 Å². The molecule has 8 N–H and O–H groups in total. The molecule has 236 valence electrons. The van der Waals surface area contributed by atoms with Gasteiger partial charge in [0.25, 0.3) is 0 Å². The van der Waals surface area contributed by atoms with Crippen LogP contribution in [0.4, 0.5) is 13.2 Å². The van der Waals surface area contributed by atoms with E-state index in [2.05, 4.69) is 21.3 Å². The Morgan fingerprint density at radius 2 is 1.69 bits per heavy atom. The van der Waals surface area contributed by atoms with Gasteiger partial charge in [-0.05, 0) is 44.0 Å². The lowest BCUT2D eigenvalue weighted by Gasteiger charge is -2.37. The molecule has 0 saturated carbocycles. The molecule has 1 aliphatic heterocycles. The van der Waals surface area contributed by atoms with E-state index in [0.717, 1.165) is 0 Å². The van der Waals surface area contributed by atoms with E-state index in [1.807, 2.05) is 0 Å². The van der Waals surface area contributed by atoms with Crippen LogP contribution in [0.5, 0.6) is 11.5 Å². The number of aliphatic carboxylic acids is 2. The second kappa shape index (κ2) is 14.7. The van der Waals surface area contributed by atoms with Gasteiger partial charge in [-0.2, -0.15) is 13.2 Å². The van der Waals surface area contributed by atoms with E-state index in [1.54, 1.807) is 20.8 Å². The van der Waals surface area contributed by atoms with E-state index in [4.69, 9.17) is 19.7 Å². The van der Waals surface area contributed by atoms with E-state index in [-0.39, 0.29) is 23.5 Å². The third-order valence-corrected chi connectivity index (χ3v) is 6.34. The summed E-state index contributed by atoms with van der Waals surface area (Å²) in [4.78, 5) is 59.2. The predicted molar refractivity (Wildman–Crippen MR) is 138 cm³/mol. The first-order valence-electron chi connectivity index (χ1n) is 12.6. The fraction of sp³-hybridized carbons (Fsp3) is 0.560. The Balaban J connectivity index is 0.00000112. The van der Waals surface area contributed by atoms with Crippen LogP contribution in [-0.4, -0.2) is 93.6 Å². The minimum Gasteiger partial charge on any atom is -0.504 e. The Hall–Kier alpha value is -4.12. The third-order valence-electron chi connectivity index (χ3n) is 6.34. The number of halogens is 3. The van der Waals surface area contributed by atoms with Gasteiger partial charge in [-0.1, -0.05) is 26.8 Å². The van der Waals surface area contributed by atoms with Gasteiger partial charge >= 0.3 is 18.1 Å². The summed E-state index contributed by atoms with van der Waals surface area (Å²) in [6.45, 7) is 5.93. The Bertz CT molecular complexity index is 1160. The van der Waals surface area contributed by atoms with Crippen LogP contribution < -0.4 is 26.0 Å². The number of aliphatic hydroxyl groups excluding tert-OH is 1. The van der Waals surface area contributed by atoms with Gasteiger partial charge in [-0.15, -0.1) is 0 Å². The van der Waals surface area contributed by atoms with Crippen molar-refractivity contribution < 1.29 is 62.3 Å². The van der Waals surface area contributed by atoms with Crippen LogP contribution in [0.2, 0.25) is 0 Å². The van der Waals surface area contributed by atoms with Crippen LogP contribution in [0, 0.1) is 5.92 Å². The quantitative estimate of drug-likeness (QED) is 0.215. The number of fused-ring (bicyclic) bond motifs is 2.